The molecule has 1 aliphatic heterocycles. The lowest BCUT2D eigenvalue weighted by Gasteiger charge is -2.28. The number of anilines is 1. The number of nitrogens with zero attached hydrogens (tertiary/aromatic N) is 3. The highest BCUT2D eigenvalue weighted by molar-refractivity contribution is 5.94. The van der Waals surface area contributed by atoms with E-state index in [-0.39, 0.29) is 18.3 Å². The second-order valence-electron chi connectivity index (χ2n) is 8.83. The molecule has 10 heteroatoms. The molecular weight excluding hydrogens is 474 g/mol. The van der Waals surface area contributed by atoms with Crippen molar-refractivity contribution in [3.63, 3.8) is 0 Å². The van der Waals surface area contributed by atoms with Gasteiger partial charge in [-0.05, 0) is 24.0 Å². The van der Waals surface area contributed by atoms with Crippen molar-refractivity contribution in [3.8, 4) is 0 Å². The van der Waals surface area contributed by atoms with Gasteiger partial charge in [-0.25, -0.2) is 9.78 Å². The van der Waals surface area contributed by atoms with Crippen LogP contribution in [0.1, 0.15) is 30.0 Å². The molecule has 0 radical (unpaired) electrons. The van der Waals surface area contributed by atoms with E-state index in [9.17, 15) is 14.4 Å². The van der Waals surface area contributed by atoms with Crippen LogP contribution < -0.4 is 11.1 Å². The summed E-state index contributed by atoms with van der Waals surface area (Å²) in [6.07, 6.45) is 4.32. The van der Waals surface area contributed by atoms with Gasteiger partial charge in [-0.2, -0.15) is 0 Å². The van der Waals surface area contributed by atoms with Crippen molar-refractivity contribution < 1.29 is 23.9 Å². The maximum absolute atomic E-state index is 13.7. The Labute approximate surface area is 215 Å². The molecule has 10 nitrogen and oxygen atoms in total. The summed E-state index contributed by atoms with van der Waals surface area (Å²) in [6, 6.07) is 16.5. The standard InChI is InChI=1S/C27H31N5O5/c1-36-27(35)22-13-8-14-32(22)26(34)24(20-11-6-3-7-12-20)31-15-23(29-18-31)30-25(33)21(28)17-37-16-19-9-4-2-5-10-19/h2-7,9-12,15,18,21-22,24H,8,13-14,16-17,28H2,1H3,(H,30,33)/t21-,22-,24?/m0/s1. The highest BCUT2D eigenvalue weighted by Crippen LogP contribution is 2.27. The van der Waals surface area contributed by atoms with Gasteiger partial charge in [-0.15, -0.1) is 0 Å². The van der Waals surface area contributed by atoms with Gasteiger partial charge in [0.25, 0.3) is 5.91 Å². The molecule has 3 atom stereocenters. The van der Waals surface area contributed by atoms with E-state index in [1.165, 1.54) is 13.4 Å². The summed E-state index contributed by atoms with van der Waals surface area (Å²) in [5, 5.41) is 2.69. The second kappa shape index (κ2) is 12.3. The van der Waals surface area contributed by atoms with Crippen LogP contribution in [0.2, 0.25) is 0 Å². The van der Waals surface area contributed by atoms with Crippen LogP contribution in [0, 0.1) is 0 Å². The number of benzene rings is 2. The minimum atomic E-state index is -0.897. The number of hydrogen-bond donors (Lipinski definition) is 2. The van der Waals surface area contributed by atoms with Crippen molar-refractivity contribution in [1.82, 2.24) is 14.5 Å². The average molecular weight is 506 g/mol. The summed E-state index contributed by atoms with van der Waals surface area (Å²) in [4.78, 5) is 44.4. The minimum absolute atomic E-state index is 0.0381. The maximum atomic E-state index is 13.7. The normalized spacial score (nSPS) is 16.7. The van der Waals surface area contributed by atoms with Gasteiger partial charge < -0.3 is 30.0 Å². The zero-order valence-corrected chi connectivity index (χ0v) is 20.7. The van der Waals surface area contributed by atoms with Crippen LogP contribution in [0.4, 0.5) is 5.82 Å². The third kappa shape index (κ3) is 6.41. The molecule has 0 aliphatic carbocycles. The van der Waals surface area contributed by atoms with E-state index in [1.54, 1.807) is 15.7 Å². The molecule has 2 aromatic carbocycles. The number of aromatic nitrogens is 2. The van der Waals surface area contributed by atoms with E-state index in [1.807, 2.05) is 60.7 Å². The van der Waals surface area contributed by atoms with Gasteiger partial charge in [0.2, 0.25) is 5.91 Å². The first kappa shape index (κ1) is 26.1. The van der Waals surface area contributed by atoms with Crippen LogP contribution >= 0.6 is 0 Å². The van der Waals surface area contributed by atoms with Crippen LogP contribution in [0.15, 0.2) is 73.2 Å². The molecule has 0 spiro atoms. The van der Waals surface area contributed by atoms with Gasteiger partial charge >= 0.3 is 5.97 Å². The lowest BCUT2D eigenvalue weighted by Crippen LogP contribution is -2.44. The van der Waals surface area contributed by atoms with Crippen molar-refractivity contribution in [3.05, 3.63) is 84.3 Å². The van der Waals surface area contributed by atoms with E-state index < -0.39 is 30.0 Å². The predicted molar refractivity (Wildman–Crippen MR) is 136 cm³/mol. The van der Waals surface area contributed by atoms with E-state index in [0.717, 1.165) is 11.1 Å². The van der Waals surface area contributed by atoms with Crippen molar-refractivity contribution in [2.45, 2.75) is 37.6 Å². The zero-order chi connectivity index (χ0) is 26.2. The summed E-state index contributed by atoms with van der Waals surface area (Å²) in [7, 11) is 1.32. The number of rotatable bonds is 10. The molecule has 2 heterocycles. The second-order valence-corrected chi connectivity index (χ2v) is 8.83. The van der Waals surface area contributed by atoms with Gasteiger partial charge in [0.05, 0.1) is 26.7 Å². The fourth-order valence-corrected chi connectivity index (χ4v) is 4.36. The van der Waals surface area contributed by atoms with Crippen LogP contribution in [-0.2, 0) is 30.5 Å². The van der Waals surface area contributed by atoms with E-state index >= 15 is 0 Å². The third-order valence-electron chi connectivity index (χ3n) is 6.26. The average Bonchev–Trinajstić information content (AvgIpc) is 3.60. The predicted octanol–water partition coefficient (Wildman–Crippen LogP) is 2.12. The largest absolute Gasteiger partial charge is 0.467 e. The van der Waals surface area contributed by atoms with Gasteiger partial charge in [-0.3, -0.25) is 9.59 Å². The monoisotopic (exact) mass is 505 g/mol. The molecule has 4 rings (SSSR count). The number of carbonyl (C=O) groups is 3. The molecule has 1 aliphatic rings. The fourth-order valence-electron chi connectivity index (χ4n) is 4.36. The molecule has 194 valence electrons. The molecule has 3 aromatic rings. The van der Waals surface area contributed by atoms with E-state index in [4.69, 9.17) is 15.2 Å². The Kier molecular flexibility index (Phi) is 8.65. The van der Waals surface area contributed by atoms with E-state index in [2.05, 4.69) is 10.3 Å². The lowest BCUT2D eigenvalue weighted by molar-refractivity contribution is -0.151. The summed E-state index contributed by atoms with van der Waals surface area (Å²) in [6.45, 7) is 0.842. The number of hydrogen-bond acceptors (Lipinski definition) is 7. The smallest absolute Gasteiger partial charge is 0.328 e. The molecule has 1 unspecified atom stereocenters. The van der Waals surface area contributed by atoms with Crippen LogP contribution in [0.3, 0.4) is 0 Å². The molecule has 1 fully saturated rings. The lowest BCUT2D eigenvalue weighted by atomic mass is 10.0. The molecule has 0 saturated carbocycles. The van der Waals surface area contributed by atoms with Crippen LogP contribution in [0.5, 0.6) is 0 Å². The molecule has 3 N–H and O–H groups in total. The Hall–Kier alpha value is -4.02. The number of likely N-dealkylation sites (tertiary alicyclic amines) is 1. The summed E-state index contributed by atoms with van der Waals surface area (Å²) in [5.74, 6) is -0.880. The molecule has 1 saturated heterocycles. The Morgan fingerprint density at radius 2 is 1.81 bits per heavy atom. The molecule has 0 bridgehead atoms. The Morgan fingerprint density at radius 1 is 1.11 bits per heavy atom. The number of ether oxygens (including phenoxy) is 2. The fraction of sp³-hybridized carbons (Fsp3) is 0.333. The first-order chi connectivity index (χ1) is 18.0. The number of nitrogens with two attached hydrogens (primary N) is 1. The molecule has 37 heavy (non-hydrogen) atoms. The Bertz CT molecular complexity index is 1200. The molecule has 1 aromatic heterocycles. The topological polar surface area (TPSA) is 129 Å². The number of nitrogens with one attached hydrogen (secondary N) is 1. The van der Waals surface area contributed by atoms with E-state index in [0.29, 0.717) is 26.0 Å². The van der Waals surface area contributed by atoms with Crippen molar-refractivity contribution in [2.24, 2.45) is 5.73 Å². The summed E-state index contributed by atoms with van der Waals surface area (Å²) in [5.41, 5.74) is 7.71. The van der Waals surface area contributed by atoms with Gasteiger partial charge in [0.1, 0.15) is 18.1 Å². The highest BCUT2D eigenvalue weighted by atomic mass is 16.5. The van der Waals surface area contributed by atoms with Crippen molar-refractivity contribution >= 4 is 23.6 Å². The quantitative estimate of drug-likeness (QED) is 0.404. The number of esters is 1. The minimum Gasteiger partial charge on any atom is -0.467 e. The van der Waals surface area contributed by atoms with Crippen LogP contribution in [0.25, 0.3) is 0 Å². The number of amides is 2. The summed E-state index contributed by atoms with van der Waals surface area (Å²) < 4.78 is 12.1. The zero-order valence-electron chi connectivity index (χ0n) is 20.7. The Balaban J connectivity index is 1.44. The van der Waals surface area contributed by atoms with Crippen molar-refractivity contribution in [1.29, 1.82) is 0 Å². The number of carbonyl (C=O) groups excluding carboxylic acids is 3. The molecule has 2 amide bonds. The highest BCUT2D eigenvalue weighted by Gasteiger charge is 2.39. The Morgan fingerprint density at radius 3 is 2.51 bits per heavy atom. The van der Waals surface area contributed by atoms with Crippen LogP contribution in [-0.4, -0.2) is 64.6 Å². The van der Waals surface area contributed by atoms with Crippen molar-refractivity contribution in [2.75, 3.05) is 25.6 Å². The first-order valence-electron chi connectivity index (χ1n) is 12.1. The van der Waals surface area contributed by atoms with Gasteiger partial charge in [-0.1, -0.05) is 60.7 Å². The van der Waals surface area contributed by atoms with Gasteiger partial charge in [0, 0.05) is 12.7 Å². The first-order valence-corrected chi connectivity index (χ1v) is 12.1. The maximum Gasteiger partial charge on any atom is 0.328 e. The van der Waals surface area contributed by atoms with Gasteiger partial charge in [0.15, 0.2) is 5.82 Å². The number of imidazole rings is 1. The summed E-state index contributed by atoms with van der Waals surface area (Å²) >= 11 is 0. The SMILES string of the molecule is COC(=O)[C@@H]1CCCN1C(=O)C(c1ccccc1)n1cnc(NC(=O)[C@@H](N)COCc2ccccc2)c1. The third-order valence-corrected chi connectivity index (χ3v) is 6.26. The molecular formula is C27H31N5O5. The number of methoxy groups -OCH3 is 1.